The summed E-state index contributed by atoms with van der Waals surface area (Å²) in [6, 6.07) is 131. The Morgan fingerprint density at radius 3 is 0.715 bits per heavy atom. The largest absolute Gasteiger partial charge is 0.455 e. The molecule has 15 aromatic carbocycles. The van der Waals surface area contributed by atoms with Gasteiger partial charge in [0, 0.05) is 145 Å². The monoisotopic (exact) mass is 1720 g/mol. The van der Waals surface area contributed by atoms with E-state index < -0.39 is 16.1 Å². The Labute approximate surface area is 769 Å². The molecule has 2 heterocycles. The minimum atomic E-state index is -1.46. The van der Waals surface area contributed by atoms with Crippen molar-refractivity contribution in [3.63, 3.8) is 0 Å². The van der Waals surface area contributed by atoms with Gasteiger partial charge in [-0.1, -0.05) is 321 Å². The standard InChI is InChI=1S/C64H58N2OSi.C58H54N2OSi/c1-62(2)53-26-18-16-25-49(53)50-35-30-45(39-54(50)62)66(57-27-19-17-24-48(57)41-20-12-10-13-21-41)46-32-37-52-56(40-46)64(5,6)59-58-60(67-61(52)59)51-36-31-44(38-55(51)63(58,3)4)65(42-22-14-11-15-23-42)43-28-33-47(34-29-43)68(7,8)9;1-56(2)48-23-17-16-22-44(48)45-31-26-41(34-49(45)56)60(38-20-14-11-15-21-38)42-28-33-47-51(36-42)58(5,6)53-52-54(61-55(47)53)46-32-27-40(35-50(46)57(52,3)4)59(37-18-12-10-13-19-37)39-24-29-43(30-25-39)62(7,8)9/h10-40H,1-9H3;10-36H,1-9H3. The molecule has 0 bridgehead atoms. The van der Waals surface area contributed by atoms with E-state index in [4.69, 9.17) is 8.83 Å². The van der Waals surface area contributed by atoms with Crippen LogP contribution in [0, 0.1) is 0 Å². The number of para-hydroxylation sites is 4. The fourth-order valence-corrected chi connectivity index (χ4v) is 25.3. The molecular formula is C122H112N4O2Si2. The Morgan fingerprint density at radius 1 is 0.185 bits per heavy atom. The second-order valence-corrected chi connectivity index (χ2v) is 52.2. The number of benzene rings is 15. The van der Waals surface area contributed by atoms with Crippen LogP contribution >= 0.6 is 0 Å². The van der Waals surface area contributed by atoms with E-state index in [2.05, 4.69) is 494 Å². The van der Waals surface area contributed by atoms with Gasteiger partial charge in [0.15, 0.2) is 0 Å². The molecule has 6 aliphatic carbocycles. The molecule has 130 heavy (non-hydrogen) atoms. The van der Waals surface area contributed by atoms with Crippen molar-refractivity contribution in [1.82, 2.24) is 0 Å². The highest BCUT2D eigenvalue weighted by atomic mass is 28.3. The molecule has 17 aromatic rings. The van der Waals surface area contributed by atoms with Crippen LogP contribution < -0.4 is 30.0 Å². The predicted molar refractivity (Wildman–Crippen MR) is 553 cm³/mol. The van der Waals surface area contributed by atoms with Crippen LogP contribution in [-0.2, 0) is 32.5 Å². The summed E-state index contributed by atoms with van der Waals surface area (Å²) in [7, 11) is -2.91. The van der Waals surface area contributed by atoms with Crippen LogP contribution in [0.2, 0.25) is 39.3 Å². The minimum absolute atomic E-state index is 0.0943. The molecule has 0 saturated carbocycles. The van der Waals surface area contributed by atoms with Crippen LogP contribution in [0.4, 0.5) is 68.2 Å². The highest BCUT2D eigenvalue weighted by molar-refractivity contribution is 6.89. The maximum Gasteiger partial charge on any atom is 0.139 e. The van der Waals surface area contributed by atoms with Crippen LogP contribution in [0.3, 0.4) is 0 Å². The topological polar surface area (TPSA) is 39.2 Å². The normalized spacial score (nSPS) is 15.4. The number of hydrogen-bond donors (Lipinski definition) is 0. The Balaban J connectivity index is 0.000000153. The molecule has 6 aliphatic rings. The molecule has 8 heteroatoms. The van der Waals surface area contributed by atoms with Crippen LogP contribution in [0.15, 0.2) is 361 Å². The number of rotatable bonds is 15. The summed E-state index contributed by atoms with van der Waals surface area (Å²) >= 11 is 0. The molecule has 0 radical (unpaired) electrons. The predicted octanol–water partition coefficient (Wildman–Crippen LogP) is 33.0. The molecule has 0 amide bonds. The van der Waals surface area contributed by atoms with E-state index in [1.807, 2.05) is 0 Å². The van der Waals surface area contributed by atoms with Gasteiger partial charge < -0.3 is 28.4 Å². The summed E-state index contributed by atoms with van der Waals surface area (Å²) < 4.78 is 14.4. The third-order valence-corrected chi connectivity index (χ3v) is 34.1. The molecule has 0 atom stereocenters. The zero-order chi connectivity index (χ0) is 89.8. The van der Waals surface area contributed by atoms with Crippen molar-refractivity contribution < 1.29 is 8.83 Å². The van der Waals surface area contributed by atoms with Gasteiger partial charge in [-0.2, -0.15) is 0 Å². The lowest BCUT2D eigenvalue weighted by Gasteiger charge is -2.32. The van der Waals surface area contributed by atoms with E-state index in [1.54, 1.807) is 0 Å². The van der Waals surface area contributed by atoms with E-state index in [9.17, 15) is 0 Å². The van der Waals surface area contributed by atoms with Crippen molar-refractivity contribution >= 4 is 94.8 Å². The van der Waals surface area contributed by atoms with Gasteiger partial charge in [0.05, 0.1) is 21.8 Å². The molecule has 2 aromatic heterocycles. The molecule has 0 aliphatic heterocycles. The fourth-order valence-electron chi connectivity index (χ4n) is 23.0. The summed E-state index contributed by atoms with van der Waals surface area (Å²) in [4.78, 5) is 9.72. The third-order valence-electron chi connectivity index (χ3n) is 29.9. The third kappa shape index (κ3) is 12.6. The van der Waals surface area contributed by atoms with Crippen LogP contribution in [0.5, 0.6) is 0 Å². The van der Waals surface area contributed by atoms with Gasteiger partial charge >= 0.3 is 0 Å². The summed E-state index contributed by atoms with van der Waals surface area (Å²) in [6.07, 6.45) is 0. The van der Waals surface area contributed by atoms with Gasteiger partial charge in [-0.3, -0.25) is 0 Å². The van der Waals surface area contributed by atoms with E-state index in [0.29, 0.717) is 0 Å². The Hall–Kier alpha value is -13.5. The molecule has 0 fully saturated rings. The van der Waals surface area contributed by atoms with Crippen LogP contribution in [-0.4, -0.2) is 16.1 Å². The first-order valence-electron chi connectivity index (χ1n) is 46.4. The van der Waals surface area contributed by atoms with Crippen LogP contribution in [0.1, 0.15) is 150 Å². The van der Waals surface area contributed by atoms with Gasteiger partial charge in [-0.15, -0.1) is 0 Å². The number of furan rings is 2. The van der Waals surface area contributed by atoms with Gasteiger partial charge in [0.2, 0.25) is 0 Å². The maximum atomic E-state index is 7.23. The first-order chi connectivity index (χ1) is 62.3. The first kappa shape index (κ1) is 82.2. The quantitative estimate of drug-likeness (QED) is 0.0953. The number of fused-ring (bicyclic) bond motifs is 20. The van der Waals surface area contributed by atoms with Crippen LogP contribution in [0.25, 0.3) is 78.7 Å². The summed E-state index contributed by atoms with van der Waals surface area (Å²) in [5.41, 5.74) is 40.7. The van der Waals surface area contributed by atoms with Crippen molar-refractivity contribution in [2.75, 3.05) is 19.6 Å². The molecule has 0 saturated heterocycles. The summed E-state index contributed by atoms with van der Waals surface area (Å²) in [5.74, 6) is 4.05. The number of nitrogens with zero attached hydrogens (tertiary/aromatic N) is 4. The smallest absolute Gasteiger partial charge is 0.139 e. The first-order valence-corrected chi connectivity index (χ1v) is 53.4. The van der Waals surface area contributed by atoms with Gasteiger partial charge in [0.1, 0.15) is 23.0 Å². The Bertz CT molecular complexity index is 7420. The number of anilines is 12. The van der Waals surface area contributed by atoms with Gasteiger partial charge in [-0.25, -0.2) is 0 Å². The van der Waals surface area contributed by atoms with Crippen molar-refractivity contribution in [1.29, 1.82) is 0 Å². The molecule has 6 nitrogen and oxygen atoms in total. The van der Waals surface area contributed by atoms with Crippen molar-refractivity contribution in [3.05, 3.63) is 419 Å². The molecule has 0 unspecified atom stereocenters. The number of hydrogen-bond acceptors (Lipinski definition) is 6. The Morgan fingerprint density at radius 2 is 0.408 bits per heavy atom. The summed E-state index contributed by atoms with van der Waals surface area (Å²) in [6.45, 7) is 43.1. The average molecular weight is 1720 g/mol. The second kappa shape index (κ2) is 29.5. The lowest BCUT2D eigenvalue weighted by Crippen LogP contribution is -2.37. The molecule has 23 rings (SSSR count). The van der Waals surface area contributed by atoms with E-state index in [1.165, 1.54) is 133 Å². The van der Waals surface area contributed by atoms with Crippen molar-refractivity contribution in [3.8, 4) is 78.7 Å². The van der Waals surface area contributed by atoms with Gasteiger partial charge in [-0.05, 0) is 236 Å². The maximum absolute atomic E-state index is 7.23. The van der Waals surface area contributed by atoms with Crippen molar-refractivity contribution in [2.24, 2.45) is 0 Å². The van der Waals surface area contributed by atoms with E-state index in [0.717, 1.165) is 91.3 Å². The van der Waals surface area contributed by atoms with E-state index >= 15 is 0 Å². The zero-order valence-corrected chi connectivity index (χ0v) is 80.1. The highest BCUT2D eigenvalue weighted by Crippen LogP contribution is 2.66. The summed E-state index contributed by atoms with van der Waals surface area (Å²) in [5, 5.41) is 2.92. The zero-order valence-electron chi connectivity index (χ0n) is 78.1. The highest BCUT2D eigenvalue weighted by Gasteiger charge is 2.53. The Kier molecular flexibility index (Phi) is 18.7. The molecule has 0 spiro atoms. The van der Waals surface area contributed by atoms with E-state index in [-0.39, 0.29) is 32.5 Å². The van der Waals surface area contributed by atoms with Gasteiger partial charge in [0.25, 0.3) is 0 Å². The average Bonchev–Trinajstić information content (AvgIpc) is 1.52. The SMILES string of the molecule is CC1(C)c2ccccc2-c2ccc(N(c3ccc4c(c3)C(C)(C)c3c-4oc4c3C(C)(C)c3cc(N(c5ccccc5)c5ccc([Si](C)(C)C)cc5)ccc3-4)c3ccccc3-c3ccccc3)cc21.CC1(C)c2ccccc2-c2ccc(N(c3ccccc3)c3ccc4c(c3)C(C)(C)c3c-4oc4c3C(C)(C)c3cc(N(c5ccccc5)c5ccc([Si](C)(C)C)cc5)ccc3-4)cc21. The molecular weight excluding hydrogens is 1610 g/mol. The minimum Gasteiger partial charge on any atom is -0.455 e. The lowest BCUT2D eigenvalue weighted by molar-refractivity contribution is 0.592. The fraction of sp³-hybridized carbons (Fsp3) is 0.197. The van der Waals surface area contributed by atoms with Crippen molar-refractivity contribution in [2.45, 2.75) is 155 Å². The molecule has 640 valence electrons. The second-order valence-electron chi connectivity index (χ2n) is 42.1. The molecule has 0 N–H and O–H groups in total. The lowest BCUT2D eigenvalue weighted by atomic mass is 9.74.